The Morgan fingerprint density at radius 2 is 1.79 bits per heavy atom. The van der Waals surface area contributed by atoms with Gasteiger partial charge in [0, 0.05) is 19.1 Å². The van der Waals surface area contributed by atoms with Crippen LogP contribution in [0, 0.1) is 5.92 Å². The zero-order valence-electron chi connectivity index (χ0n) is 9.29. The predicted octanol–water partition coefficient (Wildman–Crippen LogP) is 1.74. The maximum atomic E-state index is 5.69. The van der Waals surface area contributed by atoms with Crippen LogP contribution in [0.4, 0.5) is 0 Å². The first-order valence-electron chi connectivity index (χ1n) is 5.15. The zero-order valence-corrected chi connectivity index (χ0v) is 11.5. The van der Waals surface area contributed by atoms with Gasteiger partial charge in [0.15, 0.2) is 9.76 Å². The second-order valence-corrected chi connectivity index (χ2v) is 4.75. The van der Waals surface area contributed by atoms with Crippen molar-refractivity contribution in [1.82, 2.24) is 0 Å². The van der Waals surface area contributed by atoms with Gasteiger partial charge in [0.1, 0.15) is 0 Å². The summed E-state index contributed by atoms with van der Waals surface area (Å²) in [6, 6.07) is 1.07. The maximum Gasteiger partial charge on any atom is 0.261 e. The Balaban J connectivity index is 3.49. The molecule has 0 saturated heterocycles. The first-order chi connectivity index (χ1) is 6.74. The molecular weight excluding hydrogens is 220 g/mol. The van der Waals surface area contributed by atoms with E-state index in [1.165, 1.54) is 0 Å². The van der Waals surface area contributed by atoms with Crippen LogP contribution in [-0.4, -0.2) is 35.3 Å². The Bertz CT molecular complexity index is 121. The third-order valence-electron chi connectivity index (χ3n) is 1.73. The lowest BCUT2D eigenvalue weighted by Gasteiger charge is -2.18. The highest BCUT2D eigenvalue weighted by Crippen LogP contribution is 2.06. The minimum Gasteiger partial charge on any atom is -0.379 e. The van der Waals surface area contributed by atoms with E-state index in [-0.39, 0.29) is 0 Å². The van der Waals surface area contributed by atoms with Gasteiger partial charge in [0.25, 0.3) is 6.48 Å². The molecule has 3 nitrogen and oxygen atoms in total. The van der Waals surface area contributed by atoms with Crippen LogP contribution in [0.25, 0.3) is 0 Å². The van der Waals surface area contributed by atoms with Crippen LogP contribution in [0.2, 0.25) is 6.04 Å². The largest absolute Gasteiger partial charge is 0.379 e. The van der Waals surface area contributed by atoms with E-state index < -0.39 is 16.2 Å². The topological polar surface area (TPSA) is 27.7 Å². The first kappa shape index (κ1) is 14.4. The van der Waals surface area contributed by atoms with Gasteiger partial charge in [-0.25, -0.2) is 0 Å². The van der Waals surface area contributed by atoms with Crippen LogP contribution in [0.5, 0.6) is 0 Å². The summed E-state index contributed by atoms with van der Waals surface area (Å²) in [7, 11) is -0.570. The minimum absolute atomic E-state index is 0.459. The third-order valence-corrected chi connectivity index (χ3v) is 3.99. The van der Waals surface area contributed by atoms with E-state index in [2.05, 4.69) is 6.92 Å². The number of ether oxygens (including phenoxy) is 2. The van der Waals surface area contributed by atoms with Gasteiger partial charge in [0.05, 0.1) is 0 Å². The van der Waals surface area contributed by atoms with E-state index in [9.17, 15) is 0 Å². The lowest BCUT2D eigenvalue weighted by molar-refractivity contribution is -0.243. The molecular formula is C9H21ClO3Si. The van der Waals surface area contributed by atoms with Gasteiger partial charge in [-0.1, -0.05) is 6.92 Å². The normalized spacial score (nSPS) is 14.4. The summed E-state index contributed by atoms with van der Waals surface area (Å²) in [6.07, 6.45) is 0. The van der Waals surface area contributed by atoms with Crippen LogP contribution in [0.15, 0.2) is 0 Å². The molecule has 0 aliphatic carbocycles. The van der Waals surface area contributed by atoms with Crippen LogP contribution in [0.3, 0.4) is 0 Å². The third kappa shape index (κ3) is 7.76. The van der Waals surface area contributed by atoms with Crippen LogP contribution >= 0.6 is 11.6 Å². The molecule has 0 fully saturated rings. The SMILES string of the molecule is CCOC(OCC)O[SiH2]CC(C)CCl. The lowest BCUT2D eigenvalue weighted by atomic mass is 10.3. The molecule has 0 aliphatic rings. The quantitative estimate of drug-likeness (QED) is 0.349. The molecule has 0 rings (SSSR count). The highest BCUT2D eigenvalue weighted by atomic mass is 35.5. The van der Waals surface area contributed by atoms with Crippen molar-refractivity contribution in [2.45, 2.75) is 33.3 Å². The van der Waals surface area contributed by atoms with Gasteiger partial charge in [-0.2, -0.15) is 0 Å². The average molecular weight is 241 g/mol. The number of hydrogen-bond acceptors (Lipinski definition) is 3. The van der Waals surface area contributed by atoms with E-state index in [0.29, 0.717) is 25.0 Å². The summed E-state index contributed by atoms with van der Waals surface area (Å²) < 4.78 is 16.0. The molecule has 1 atom stereocenters. The molecule has 0 aromatic rings. The van der Waals surface area contributed by atoms with Crippen molar-refractivity contribution in [2.24, 2.45) is 5.92 Å². The second kappa shape index (κ2) is 9.92. The first-order valence-corrected chi connectivity index (χ1v) is 7.26. The standard InChI is InChI=1S/C9H21ClO3Si/c1-4-11-9(12-5-2)13-14-7-8(3)6-10/h8-9H,4-7,14H2,1-3H3. The Hall–Kier alpha value is 0.387. The fourth-order valence-corrected chi connectivity index (χ4v) is 2.40. The molecule has 0 aromatic heterocycles. The monoisotopic (exact) mass is 240 g/mol. The molecule has 0 aliphatic heterocycles. The fourth-order valence-electron chi connectivity index (χ4n) is 0.859. The molecule has 0 N–H and O–H groups in total. The van der Waals surface area contributed by atoms with Crippen molar-refractivity contribution < 1.29 is 13.9 Å². The average Bonchev–Trinajstić information content (AvgIpc) is 2.18. The van der Waals surface area contributed by atoms with Crippen LogP contribution in [-0.2, 0) is 13.9 Å². The van der Waals surface area contributed by atoms with Gasteiger partial charge in [-0.15, -0.1) is 11.6 Å². The summed E-state index contributed by atoms with van der Waals surface area (Å²) in [5.74, 6) is 1.23. The number of halogens is 1. The molecule has 14 heavy (non-hydrogen) atoms. The van der Waals surface area contributed by atoms with Crippen molar-refractivity contribution in [1.29, 1.82) is 0 Å². The van der Waals surface area contributed by atoms with Crippen molar-refractivity contribution >= 4 is 21.4 Å². The number of alkyl halides is 1. The summed E-state index contributed by atoms with van der Waals surface area (Å²) in [5, 5.41) is 0. The Morgan fingerprint density at radius 1 is 1.21 bits per heavy atom. The smallest absolute Gasteiger partial charge is 0.261 e. The molecule has 86 valence electrons. The minimum atomic E-state index is -0.570. The van der Waals surface area contributed by atoms with Crippen molar-refractivity contribution in [3.05, 3.63) is 0 Å². The maximum absolute atomic E-state index is 5.69. The molecule has 0 amide bonds. The van der Waals surface area contributed by atoms with Gasteiger partial charge < -0.3 is 13.9 Å². The zero-order chi connectivity index (χ0) is 10.8. The molecule has 0 spiro atoms. The van der Waals surface area contributed by atoms with Gasteiger partial charge >= 0.3 is 0 Å². The number of rotatable bonds is 9. The predicted molar refractivity (Wildman–Crippen MR) is 61.4 cm³/mol. The Kier molecular flexibility index (Phi) is 10.2. The second-order valence-electron chi connectivity index (χ2n) is 3.12. The number of hydrogen-bond donors (Lipinski definition) is 0. The van der Waals surface area contributed by atoms with E-state index in [0.717, 1.165) is 6.04 Å². The van der Waals surface area contributed by atoms with Gasteiger partial charge in [0.2, 0.25) is 0 Å². The molecule has 5 heteroatoms. The Labute approximate surface area is 94.0 Å². The molecule has 0 radical (unpaired) electrons. The van der Waals surface area contributed by atoms with E-state index in [4.69, 9.17) is 25.5 Å². The molecule has 0 aromatic carbocycles. The lowest BCUT2D eigenvalue weighted by Crippen LogP contribution is -2.23. The summed E-state index contributed by atoms with van der Waals surface area (Å²) in [5.41, 5.74) is 0. The van der Waals surface area contributed by atoms with Gasteiger partial charge in [-0.3, -0.25) is 0 Å². The molecule has 0 bridgehead atoms. The van der Waals surface area contributed by atoms with Crippen molar-refractivity contribution in [3.8, 4) is 0 Å². The summed E-state index contributed by atoms with van der Waals surface area (Å²) >= 11 is 5.69. The van der Waals surface area contributed by atoms with Gasteiger partial charge in [-0.05, 0) is 25.8 Å². The molecule has 1 unspecified atom stereocenters. The van der Waals surface area contributed by atoms with Crippen molar-refractivity contribution in [2.75, 3.05) is 19.1 Å². The van der Waals surface area contributed by atoms with Crippen LogP contribution < -0.4 is 0 Å². The molecule has 0 saturated carbocycles. The summed E-state index contributed by atoms with van der Waals surface area (Å²) in [6.45, 7) is 6.75. The highest BCUT2D eigenvalue weighted by Gasteiger charge is 2.08. The Morgan fingerprint density at radius 3 is 2.21 bits per heavy atom. The van der Waals surface area contributed by atoms with E-state index in [1.54, 1.807) is 0 Å². The summed E-state index contributed by atoms with van der Waals surface area (Å²) in [4.78, 5) is 0. The highest BCUT2D eigenvalue weighted by molar-refractivity contribution is 6.27. The molecule has 0 heterocycles. The van der Waals surface area contributed by atoms with E-state index in [1.807, 2.05) is 13.8 Å². The van der Waals surface area contributed by atoms with Crippen molar-refractivity contribution in [3.63, 3.8) is 0 Å². The van der Waals surface area contributed by atoms with E-state index >= 15 is 0 Å². The van der Waals surface area contributed by atoms with Crippen LogP contribution in [0.1, 0.15) is 20.8 Å². The fraction of sp³-hybridized carbons (Fsp3) is 1.00.